The highest BCUT2D eigenvalue weighted by molar-refractivity contribution is 6.04. The number of amides is 2. The van der Waals surface area contributed by atoms with Gasteiger partial charge in [-0.15, -0.1) is 0 Å². The van der Waals surface area contributed by atoms with Crippen molar-refractivity contribution in [1.29, 1.82) is 0 Å². The van der Waals surface area contributed by atoms with E-state index in [9.17, 15) is 9.59 Å². The highest BCUT2D eigenvalue weighted by Crippen LogP contribution is 2.30. The van der Waals surface area contributed by atoms with Gasteiger partial charge in [-0.05, 0) is 88.4 Å². The maximum absolute atomic E-state index is 12.7. The van der Waals surface area contributed by atoms with E-state index in [1.54, 1.807) is 24.3 Å². The highest BCUT2D eigenvalue weighted by Gasteiger charge is 2.29. The van der Waals surface area contributed by atoms with Crippen molar-refractivity contribution in [2.24, 2.45) is 0 Å². The minimum atomic E-state index is -0.162. The monoisotopic (exact) mass is 435 g/mol. The third kappa shape index (κ3) is 4.74. The number of ether oxygens (including phenoxy) is 1. The molecule has 2 atom stereocenters. The summed E-state index contributed by atoms with van der Waals surface area (Å²) in [6.07, 6.45) is 4.30. The molecule has 2 aliphatic rings. The van der Waals surface area contributed by atoms with Crippen molar-refractivity contribution < 1.29 is 14.3 Å². The summed E-state index contributed by atoms with van der Waals surface area (Å²) < 4.78 is 5.72. The summed E-state index contributed by atoms with van der Waals surface area (Å²) in [5.41, 5.74) is 3.88. The molecule has 2 unspecified atom stereocenters. The van der Waals surface area contributed by atoms with Gasteiger partial charge in [-0.1, -0.05) is 6.07 Å². The Morgan fingerprint density at radius 1 is 1.06 bits per heavy atom. The van der Waals surface area contributed by atoms with E-state index in [1.165, 1.54) is 17.7 Å². The summed E-state index contributed by atoms with van der Waals surface area (Å²) in [6.45, 7) is 8.35. The number of nitrogens with zero attached hydrogens (tertiary/aromatic N) is 2. The van der Waals surface area contributed by atoms with Crippen LogP contribution in [0.15, 0.2) is 42.5 Å². The first-order valence-electron chi connectivity index (χ1n) is 11.7. The van der Waals surface area contributed by atoms with E-state index < -0.39 is 0 Å². The number of likely N-dealkylation sites (tertiary alicyclic amines) is 1. The largest absolute Gasteiger partial charge is 0.484 e. The van der Waals surface area contributed by atoms with E-state index in [1.807, 2.05) is 11.0 Å². The molecular weight excluding hydrogens is 402 g/mol. The zero-order valence-corrected chi connectivity index (χ0v) is 19.3. The SMILES string of the molecule is CCN1CCc2ccc(NC(=O)c3ccc(OCC(=O)N4C(C)CCCC4C)cc3)cc21. The van der Waals surface area contributed by atoms with Crippen molar-refractivity contribution in [2.45, 2.75) is 58.5 Å². The van der Waals surface area contributed by atoms with Crippen LogP contribution >= 0.6 is 0 Å². The van der Waals surface area contributed by atoms with Gasteiger partial charge >= 0.3 is 0 Å². The number of likely N-dealkylation sites (N-methyl/N-ethyl adjacent to an activating group) is 1. The Morgan fingerprint density at radius 2 is 1.78 bits per heavy atom. The van der Waals surface area contributed by atoms with E-state index in [-0.39, 0.29) is 30.5 Å². The number of rotatable bonds is 6. The topological polar surface area (TPSA) is 61.9 Å². The molecule has 0 saturated carbocycles. The van der Waals surface area contributed by atoms with Gasteiger partial charge in [0.15, 0.2) is 6.61 Å². The molecule has 0 aliphatic carbocycles. The van der Waals surface area contributed by atoms with Crippen LogP contribution in [0.25, 0.3) is 0 Å². The summed E-state index contributed by atoms with van der Waals surface area (Å²) in [4.78, 5) is 29.6. The van der Waals surface area contributed by atoms with Gasteiger partial charge in [0.05, 0.1) is 0 Å². The second-order valence-electron chi connectivity index (χ2n) is 8.87. The van der Waals surface area contributed by atoms with Crippen molar-refractivity contribution in [2.75, 3.05) is 29.9 Å². The van der Waals surface area contributed by atoms with E-state index >= 15 is 0 Å². The molecule has 170 valence electrons. The highest BCUT2D eigenvalue weighted by atomic mass is 16.5. The van der Waals surface area contributed by atoms with Crippen molar-refractivity contribution in [3.63, 3.8) is 0 Å². The standard InChI is InChI=1S/C26H33N3O3/c1-4-28-15-14-20-8-11-22(16-24(20)28)27-26(31)21-9-12-23(13-10-21)32-17-25(30)29-18(2)6-5-7-19(29)3/h8-13,16,18-19H,4-7,14-15,17H2,1-3H3,(H,27,31). The van der Waals surface area contributed by atoms with Gasteiger partial charge in [0.25, 0.3) is 11.8 Å². The average molecular weight is 436 g/mol. The fourth-order valence-corrected chi connectivity index (χ4v) is 4.89. The van der Waals surface area contributed by atoms with Crippen molar-refractivity contribution in [3.05, 3.63) is 53.6 Å². The predicted octanol–water partition coefficient (Wildman–Crippen LogP) is 4.49. The minimum Gasteiger partial charge on any atom is -0.484 e. The first kappa shape index (κ1) is 22.2. The van der Waals surface area contributed by atoms with Crippen LogP contribution in [0.4, 0.5) is 11.4 Å². The van der Waals surface area contributed by atoms with E-state index in [0.29, 0.717) is 11.3 Å². The molecule has 2 aromatic rings. The zero-order valence-electron chi connectivity index (χ0n) is 19.3. The van der Waals surface area contributed by atoms with Crippen molar-refractivity contribution in [3.8, 4) is 5.75 Å². The van der Waals surface area contributed by atoms with Crippen molar-refractivity contribution in [1.82, 2.24) is 4.90 Å². The Balaban J connectivity index is 1.33. The van der Waals surface area contributed by atoms with E-state index in [2.05, 4.69) is 43.1 Å². The van der Waals surface area contributed by atoms with Crippen LogP contribution in [0, 0.1) is 0 Å². The number of benzene rings is 2. The molecule has 2 aromatic carbocycles. The second kappa shape index (κ2) is 9.63. The maximum Gasteiger partial charge on any atom is 0.260 e. The smallest absolute Gasteiger partial charge is 0.260 e. The van der Waals surface area contributed by atoms with Crippen LogP contribution in [0.1, 0.15) is 56.0 Å². The van der Waals surface area contributed by atoms with Crippen LogP contribution in [-0.2, 0) is 11.2 Å². The molecule has 1 saturated heterocycles. The van der Waals surface area contributed by atoms with Gasteiger partial charge in [0.2, 0.25) is 0 Å². The third-order valence-electron chi connectivity index (χ3n) is 6.68. The molecule has 2 amide bonds. The number of anilines is 2. The zero-order chi connectivity index (χ0) is 22.7. The summed E-state index contributed by atoms with van der Waals surface area (Å²) in [5, 5.41) is 2.99. The molecule has 4 rings (SSSR count). The molecule has 6 heteroatoms. The number of hydrogen-bond donors (Lipinski definition) is 1. The van der Waals surface area contributed by atoms with Crippen LogP contribution in [0.2, 0.25) is 0 Å². The van der Waals surface area contributed by atoms with E-state index in [4.69, 9.17) is 4.74 Å². The first-order chi connectivity index (χ1) is 15.5. The Labute approximate surface area is 190 Å². The summed E-state index contributed by atoms with van der Waals surface area (Å²) in [5.74, 6) is 0.442. The molecule has 0 radical (unpaired) electrons. The van der Waals surface area contributed by atoms with Gasteiger partial charge in [-0.2, -0.15) is 0 Å². The lowest BCUT2D eigenvalue weighted by Crippen LogP contribution is -2.49. The lowest BCUT2D eigenvalue weighted by Gasteiger charge is -2.38. The molecule has 1 fully saturated rings. The van der Waals surface area contributed by atoms with Gasteiger partial charge < -0.3 is 19.9 Å². The van der Waals surface area contributed by atoms with Crippen LogP contribution < -0.4 is 15.0 Å². The Bertz CT molecular complexity index is 963. The van der Waals surface area contributed by atoms with Crippen LogP contribution in [0.5, 0.6) is 5.75 Å². The third-order valence-corrected chi connectivity index (χ3v) is 6.68. The van der Waals surface area contributed by atoms with E-state index in [0.717, 1.165) is 38.0 Å². The fraction of sp³-hybridized carbons (Fsp3) is 0.462. The quantitative estimate of drug-likeness (QED) is 0.726. The second-order valence-corrected chi connectivity index (χ2v) is 8.87. The molecule has 2 aliphatic heterocycles. The maximum atomic E-state index is 12.7. The molecule has 2 heterocycles. The molecule has 32 heavy (non-hydrogen) atoms. The number of carbonyl (C=O) groups is 2. The fourth-order valence-electron chi connectivity index (χ4n) is 4.89. The molecule has 0 bridgehead atoms. The number of piperidine rings is 1. The summed E-state index contributed by atoms with van der Waals surface area (Å²) in [7, 11) is 0. The predicted molar refractivity (Wildman–Crippen MR) is 128 cm³/mol. The van der Waals surface area contributed by atoms with Gasteiger partial charge in [0, 0.05) is 42.1 Å². The minimum absolute atomic E-state index is 0.0171. The van der Waals surface area contributed by atoms with Crippen molar-refractivity contribution >= 4 is 23.2 Å². The number of nitrogens with one attached hydrogen (secondary N) is 1. The van der Waals surface area contributed by atoms with Gasteiger partial charge in [-0.3, -0.25) is 9.59 Å². The number of fused-ring (bicyclic) bond motifs is 1. The summed E-state index contributed by atoms with van der Waals surface area (Å²) in [6, 6.07) is 13.6. The summed E-state index contributed by atoms with van der Waals surface area (Å²) >= 11 is 0. The first-order valence-corrected chi connectivity index (χ1v) is 11.7. The number of carbonyl (C=O) groups excluding carboxylic acids is 2. The van der Waals surface area contributed by atoms with Crippen LogP contribution in [-0.4, -0.2) is 48.5 Å². The van der Waals surface area contributed by atoms with Gasteiger partial charge in [0.1, 0.15) is 5.75 Å². The molecule has 1 N–H and O–H groups in total. The normalized spacial score (nSPS) is 20.1. The Kier molecular flexibility index (Phi) is 6.68. The Morgan fingerprint density at radius 3 is 2.47 bits per heavy atom. The molecule has 0 aromatic heterocycles. The van der Waals surface area contributed by atoms with Crippen LogP contribution in [0.3, 0.4) is 0 Å². The number of hydrogen-bond acceptors (Lipinski definition) is 4. The lowest BCUT2D eigenvalue weighted by molar-refractivity contribution is -0.139. The average Bonchev–Trinajstić information content (AvgIpc) is 3.20. The molecule has 0 spiro atoms. The molecular formula is C26H33N3O3. The molecule has 6 nitrogen and oxygen atoms in total. The van der Waals surface area contributed by atoms with Gasteiger partial charge in [-0.25, -0.2) is 0 Å². The lowest BCUT2D eigenvalue weighted by atomic mass is 9.97. The Hall–Kier alpha value is -3.02.